The van der Waals surface area contributed by atoms with Crippen LogP contribution in [0.5, 0.6) is 0 Å². The minimum atomic E-state index is -1.17. The van der Waals surface area contributed by atoms with E-state index in [-0.39, 0.29) is 18.1 Å². The highest BCUT2D eigenvalue weighted by Crippen LogP contribution is 2.33. The maximum atomic E-state index is 11.7. The maximum Gasteiger partial charge on any atom is 0.270 e. The minimum Gasteiger partial charge on any atom is -0.369 e. The van der Waals surface area contributed by atoms with Crippen molar-refractivity contribution in [1.29, 1.82) is 0 Å². The number of carbonyl (C=O) groups excluding carboxylic acids is 1. The number of nitro benzene ring substituents is 1. The monoisotopic (exact) mass is 251 g/mol. The predicted octanol–water partition coefficient (Wildman–Crippen LogP) is 0.494. The Labute approximate surface area is 103 Å². The Bertz CT molecular complexity index is 517. The van der Waals surface area contributed by atoms with Gasteiger partial charge in [-0.3, -0.25) is 14.9 Å². The summed E-state index contributed by atoms with van der Waals surface area (Å²) in [4.78, 5) is 24.8. The van der Waals surface area contributed by atoms with Gasteiger partial charge in [0.2, 0.25) is 5.91 Å². The van der Waals surface area contributed by atoms with Gasteiger partial charge in [-0.15, -0.1) is 0 Å². The smallest absolute Gasteiger partial charge is 0.270 e. The fourth-order valence-electron chi connectivity index (χ4n) is 1.95. The van der Waals surface area contributed by atoms with Crippen molar-refractivity contribution in [3.8, 4) is 0 Å². The molecule has 1 aliphatic heterocycles. The third kappa shape index (κ3) is 1.88. The van der Waals surface area contributed by atoms with Gasteiger partial charge in [0.25, 0.3) is 5.69 Å². The number of aliphatic hydroxyl groups is 1. The summed E-state index contributed by atoms with van der Waals surface area (Å²) >= 11 is 0. The van der Waals surface area contributed by atoms with Crippen molar-refractivity contribution in [3.63, 3.8) is 0 Å². The van der Waals surface area contributed by atoms with Crippen LogP contribution in [0.2, 0.25) is 0 Å². The zero-order chi connectivity index (χ0) is 13.4. The molecule has 1 aromatic rings. The van der Waals surface area contributed by atoms with Gasteiger partial charge in [-0.2, -0.15) is 0 Å². The Morgan fingerprint density at radius 3 is 2.72 bits per heavy atom. The fourth-order valence-corrected chi connectivity index (χ4v) is 1.95. The molecule has 7 nitrogen and oxygen atoms in total. The summed E-state index contributed by atoms with van der Waals surface area (Å²) in [6.45, 7) is 0.123. The molecule has 7 heteroatoms. The van der Waals surface area contributed by atoms with E-state index < -0.39 is 11.2 Å². The minimum absolute atomic E-state index is 0.107. The van der Waals surface area contributed by atoms with E-state index in [4.69, 9.17) is 0 Å². The van der Waals surface area contributed by atoms with Crippen LogP contribution in [0.1, 0.15) is 11.8 Å². The molecule has 2 rings (SSSR count). The van der Waals surface area contributed by atoms with Gasteiger partial charge in [0.05, 0.1) is 11.5 Å². The highest BCUT2D eigenvalue weighted by molar-refractivity contribution is 5.83. The van der Waals surface area contributed by atoms with Crippen molar-refractivity contribution in [3.05, 3.63) is 33.9 Å². The van der Waals surface area contributed by atoms with Crippen LogP contribution in [-0.4, -0.2) is 41.5 Å². The standard InChI is InChI=1S/C11H13N3O4/c1-12-6-10(15)13(2)11(16)8-5-7(14(17)18)3-4-9(8)12/h3-5,11,16H,6H2,1-2H3/t11-/m1/s1. The molecule has 0 saturated heterocycles. The summed E-state index contributed by atoms with van der Waals surface area (Å²) in [5, 5.41) is 20.8. The lowest BCUT2D eigenvalue weighted by Crippen LogP contribution is -2.35. The van der Waals surface area contributed by atoms with Crippen LogP contribution < -0.4 is 4.90 Å². The number of anilines is 1. The molecule has 1 N–H and O–H groups in total. The fraction of sp³-hybridized carbons (Fsp3) is 0.364. The number of fused-ring (bicyclic) bond motifs is 1. The number of hydrogen-bond donors (Lipinski definition) is 1. The summed E-state index contributed by atoms with van der Waals surface area (Å²) in [7, 11) is 3.17. The zero-order valence-corrected chi connectivity index (χ0v) is 10.0. The van der Waals surface area contributed by atoms with Crippen molar-refractivity contribution < 1.29 is 14.8 Å². The first-order valence-corrected chi connectivity index (χ1v) is 5.35. The molecule has 1 aliphatic rings. The van der Waals surface area contributed by atoms with Gasteiger partial charge < -0.3 is 14.9 Å². The molecule has 0 aliphatic carbocycles. The SMILES string of the molecule is CN1CC(=O)N(C)[C@H](O)c2cc([N+](=O)[O-])ccc21. The van der Waals surface area contributed by atoms with Gasteiger partial charge in [-0.25, -0.2) is 0 Å². The average molecular weight is 251 g/mol. The second-order valence-electron chi connectivity index (χ2n) is 4.23. The molecule has 1 aromatic carbocycles. The molecule has 0 bridgehead atoms. The lowest BCUT2D eigenvalue weighted by molar-refractivity contribution is -0.385. The van der Waals surface area contributed by atoms with E-state index in [1.54, 1.807) is 18.0 Å². The van der Waals surface area contributed by atoms with Gasteiger partial charge in [-0.1, -0.05) is 0 Å². The van der Waals surface area contributed by atoms with Gasteiger partial charge >= 0.3 is 0 Å². The number of likely N-dealkylation sites (N-methyl/N-ethyl adjacent to an activating group) is 2. The average Bonchev–Trinajstić information content (AvgIpc) is 2.42. The molecule has 0 fully saturated rings. The molecule has 0 spiro atoms. The molecule has 1 amide bonds. The number of amides is 1. The van der Waals surface area contributed by atoms with Gasteiger partial charge in [-0.05, 0) is 6.07 Å². The van der Waals surface area contributed by atoms with E-state index in [1.807, 2.05) is 0 Å². The quantitative estimate of drug-likeness (QED) is 0.580. The Morgan fingerprint density at radius 2 is 2.11 bits per heavy atom. The van der Waals surface area contributed by atoms with Crippen LogP contribution in [0.15, 0.2) is 18.2 Å². The summed E-state index contributed by atoms with van der Waals surface area (Å²) < 4.78 is 0. The van der Waals surface area contributed by atoms with Gasteiger partial charge in [0, 0.05) is 37.5 Å². The van der Waals surface area contributed by atoms with Crippen LogP contribution >= 0.6 is 0 Å². The number of aliphatic hydroxyl groups excluding tert-OH is 1. The maximum absolute atomic E-state index is 11.7. The zero-order valence-electron chi connectivity index (χ0n) is 10.0. The van der Waals surface area contributed by atoms with Crippen molar-refractivity contribution in [2.24, 2.45) is 0 Å². The van der Waals surface area contributed by atoms with E-state index >= 15 is 0 Å². The Balaban J connectivity index is 2.56. The van der Waals surface area contributed by atoms with Crippen molar-refractivity contribution in [2.45, 2.75) is 6.23 Å². The van der Waals surface area contributed by atoms with E-state index in [9.17, 15) is 20.0 Å². The molecular formula is C11H13N3O4. The molecule has 1 atom stereocenters. The molecule has 96 valence electrons. The first kappa shape index (κ1) is 12.3. The van der Waals surface area contributed by atoms with Crippen LogP contribution in [0.25, 0.3) is 0 Å². The highest BCUT2D eigenvalue weighted by Gasteiger charge is 2.29. The Hall–Kier alpha value is -2.15. The topological polar surface area (TPSA) is 86.9 Å². The van der Waals surface area contributed by atoms with Crippen LogP contribution in [0, 0.1) is 10.1 Å². The number of carbonyl (C=O) groups is 1. The predicted molar refractivity (Wildman–Crippen MR) is 64.1 cm³/mol. The first-order chi connectivity index (χ1) is 8.41. The van der Waals surface area contributed by atoms with E-state index in [1.165, 1.54) is 24.1 Å². The van der Waals surface area contributed by atoms with Gasteiger partial charge in [0.15, 0.2) is 6.23 Å². The third-order valence-corrected chi connectivity index (χ3v) is 3.04. The molecule has 0 saturated carbocycles. The molecule has 0 radical (unpaired) electrons. The van der Waals surface area contributed by atoms with Crippen LogP contribution in [0.4, 0.5) is 11.4 Å². The van der Waals surface area contributed by atoms with Crippen LogP contribution in [0.3, 0.4) is 0 Å². The normalized spacial score (nSPS) is 19.5. The number of hydrogen-bond acceptors (Lipinski definition) is 5. The van der Waals surface area contributed by atoms with Crippen molar-refractivity contribution in [1.82, 2.24) is 4.90 Å². The number of nitro groups is 1. The highest BCUT2D eigenvalue weighted by atomic mass is 16.6. The summed E-state index contributed by atoms with van der Waals surface area (Å²) in [6, 6.07) is 4.20. The van der Waals surface area contributed by atoms with Crippen molar-refractivity contribution >= 4 is 17.3 Å². The molecule has 1 heterocycles. The van der Waals surface area contributed by atoms with Crippen molar-refractivity contribution in [2.75, 3.05) is 25.5 Å². The summed E-state index contributed by atoms with van der Waals surface area (Å²) in [5.41, 5.74) is 0.870. The number of non-ortho nitro benzene ring substituents is 1. The van der Waals surface area contributed by atoms with E-state index in [0.717, 1.165) is 0 Å². The summed E-state index contributed by atoms with van der Waals surface area (Å²) in [6.07, 6.45) is -1.17. The first-order valence-electron chi connectivity index (χ1n) is 5.35. The van der Waals surface area contributed by atoms with E-state index in [2.05, 4.69) is 0 Å². The third-order valence-electron chi connectivity index (χ3n) is 3.04. The van der Waals surface area contributed by atoms with Gasteiger partial charge in [0.1, 0.15) is 0 Å². The largest absolute Gasteiger partial charge is 0.369 e. The number of rotatable bonds is 1. The lowest BCUT2D eigenvalue weighted by atomic mass is 10.1. The second kappa shape index (κ2) is 4.26. The Kier molecular flexibility index (Phi) is 2.92. The Morgan fingerprint density at radius 1 is 1.44 bits per heavy atom. The molecule has 0 aromatic heterocycles. The van der Waals surface area contributed by atoms with E-state index in [0.29, 0.717) is 11.3 Å². The molecular weight excluding hydrogens is 238 g/mol. The molecule has 18 heavy (non-hydrogen) atoms. The molecule has 0 unspecified atom stereocenters. The second-order valence-corrected chi connectivity index (χ2v) is 4.23. The van der Waals surface area contributed by atoms with Crippen LogP contribution in [-0.2, 0) is 4.79 Å². The lowest BCUT2D eigenvalue weighted by Gasteiger charge is -2.21. The number of benzene rings is 1. The number of nitrogens with zero attached hydrogens (tertiary/aromatic N) is 3. The summed E-state index contributed by atoms with van der Waals surface area (Å²) in [5.74, 6) is -0.246.